The molecule has 4 rings (SSSR count). The molecule has 2 aromatic rings. The number of carbonyl (C=O) groups is 1. The van der Waals surface area contributed by atoms with Crippen molar-refractivity contribution in [3.05, 3.63) is 30.3 Å². The quantitative estimate of drug-likeness (QED) is 0.772. The Morgan fingerprint density at radius 2 is 2.00 bits per heavy atom. The highest BCUT2D eigenvalue weighted by Gasteiger charge is 2.38. The first-order chi connectivity index (χ1) is 13.8. The van der Waals surface area contributed by atoms with Gasteiger partial charge in [-0.3, -0.25) is 9.48 Å². The molecule has 2 aliphatic rings. The number of benzene rings is 1. The van der Waals surface area contributed by atoms with Crippen molar-refractivity contribution < 1.29 is 27.4 Å². The Morgan fingerprint density at radius 3 is 2.62 bits per heavy atom. The molecule has 0 unspecified atom stereocenters. The van der Waals surface area contributed by atoms with E-state index in [4.69, 9.17) is 4.74 Å². The predicted molar refractivity (Wildman–Crippen MR) is 102 cm³/mol. The summed E-state index contributed by atoms with van der Waals surface area (Å²) in [5.74, 6) is -2.31. The van der Waals surface area contributed by atoms with Gasteiger partial charge in [-0.2, -0.15) is 13.5 Å². The number of aromatic nitrogens is 2. The van der Waals surface area contributed by atoms with Crippen LogP contribution in [0.5, 0.6) is 5.75 Å². The molecule has 2 N–H and O–H groups in total. The molecule has 1 aliphatic heterocycles. The van der Waals surface area contributed by atoms with Gasteiger partial charge >= 0.3 is 10.2 Å². The summed E-state index contributed by atoms with van der Waals surface area (Å²) in [6.07, 6.45) is 7.08. The second-order valence-corrected chi connectivity index (χ2v) is 8.80. The van der Waals surface area contributed by atoms with Crippen molar-refractivity contribution in [3.63, 3.8) is 0 Å². The molecule has 0 atom stereocenters. The standard InChI is InChI=1S/C18H21FN4O5S/c1-28-13-4-2-12(3-5-13)22-9-11(8-20-22)14-6-7-15(24)18(17(14)19)23-10-16(25)21-29(23,26)27/h6-9,12-13,24H,2-5,10H2,1H3,(H,21,25)/t12-,13+. The van der Waals surface area contributed by atoms with Gasteiger partial charge in [-0.25, -0.2) is 13.4 Å². The van der Waals surface area contributed by atoms with Crippen LogP contribution in [0.1, 0.15) is 31.7 Å². The van der Waals surface area contributed by atoms with E-state index in [1.165, 1.54) is 18.3 Å². The predicted octanol–water partition coefficient (Wildman–Crippen LogP) is 1.71. The lowest BCUT2D eigenvalue weighted by molar-refractivity contribution is -0.117. The van der Waals surface area contributed by atoms with Gasteiger partial charge in [-0.15, -0.1) is 0 Å². The van der Waals surface area contributed by atoms with Crippen LogP contribution in [0.4, 0.5) is 10.1 Å². The Kier molecular flexibility index (Phi) is 4.95. The average Bonchev–Trinajstić information content (AvgIpc) is 3.26. The Morgan fingerprint density at radius 1 is 1.28 bits per heavy atom. The van der Waals surface area contributed by atoms with Crippen LogP contribution >= 0.6 is 0 Å². The third-order valence-electron chi connectivity index (χ3n) is 5.43. The van der Waals surface area contributed by atoms with Gasteiger partial charge in [0.1, 0.15) is 18.0 Å². The summed E-state index contributed by atoms with van der Waals surface area (Å²) in [5.41, 5.74) is -0.0214. The van der Waals surface area contributed by atoms with Crippen LogP contribution in [0.15, 0.2) is 24.5 Å². The fourth-order valence-corrected chi connectivity index (χ4v) is 5.05. The van der Waals surface area contributed by atoms with Crippen molar-refractivity contribution in [3.8, 4) is 16.9 Å². The summed E-state index contributed by atoms with van der Waals surface area (Å²) in [6.45, 7) is -0.599. The maximum absolute atomic E-state index is 15.2. The van der Waals surface area contributed by atoms with Crippen LogP contribution in [0.25, 0.3) is 11.1 Å². The van der Waals surface area contributed by atoms with Crippen molar-refractivity contribution in [2.45, 2.75) is 37.8 Å². The van der Waals surface area contributed by atoms with Gasteiger partial charge in [0, 0.05) is 24.4 Å². The van der Waals surface area contributed by atoms with E-state index >= 15 is 4.39 Å². The molecule has 2 heterocycles. The van der Waals surface area contributed by atoms with Gasteiger partial charge in [0.25, 0.3) is 5.91 Å². The lowest BCUT2D eigenvalue weighted by atomic mass is 9.93. The largest absolute Gasteiger partial charge is 0.506 e. The van der Waals surface area contributed by atoms with Crippen molar-refractivity contribution in [2.24, 2.45) is 0 Å². The number of hydrogen-bond donors (Lipinski definition) is 2. The lowest BCUT2D eigenvalue weighted by Crippen LogP contribution is -2.30. The monoisotopic (exact) mass is 424 g/mol. The van der Waals surface area contributed by atoms with Crippen molar-refractivity contribution in [1.82, 2.24) is 14.5 Å². The minimum Gasteiger partial charge on any atom is -0.506 e. The zero-order valence-electron chi connectivity index (χ0n) is 15.7. The molecule has 0 spiro atoms. The van der Waals surface area contributed by atoms with Crippen molar-refractivity contribution >= 4 is 21.8 Å². The number of anilines is 1. The average molecular weight is 424 g/mol. The fraction of sp³-hybridized carbons (Fsp3) is 0.444. The molecule has 1 amide bonds. The summed E-state index contributed by atoms with van der Waals surface area (Å²) >= 11 is 0. The summed E-state index contributed by atoms with van der Waals surface area (Å²) in [6, 6.07) is 2.73. The zero-order chi connectivity index (χ0) is 20.8. The number of phenolic OH excluding ortho intramolecular Hbond substituents is 1. The van der Waals surface area contributed by atoms with Crippen LogP contribution < -0.4 is 9.03 Å². The number of halogens is 1. The molecular formula is C18H21FN4O5S. The smallest absolute Gasteiger partial charge is 0.326 e. The number of aromatic hydroxyl groups is 1. The van der Waals surface area contributed by atoms with Gasteiger partial charge < -0.3 is 9.84 Å². The summed E-state index contributed by atoms with van der Waals surface area (Å²) < 4.78 is 48.8. The molecule has 0 bridgehead atoms. The number of methoxy groups -OCH3 is 1. The third-order valence-corrected chi connectivity index (χ3v) is 6.81. The van der Waals surface area contributed by atoms with Gasteiger partial charge in [0.05, 0.1) is 18.3 Å². The molecule has 2 fully saturated rings. The molecule has 1 saturated carbocycles. The summed E-state index contributed by atoms with van der Waals surface area (Å²) in [5, 5.41) is 14.4. The molecule has 9 nitrogen and oxygen atoms in total. The van der Waals surface area contributed by atoms with Gasteiger partial charge in [0.2, 0.25) is 0 Å². The number of nitrogens with zero attached hydrogens (tertiary/aromatic N) is 3. The Balaban J connectivity index is 1.66. The first kappa shape index (κ1) is 19.6. The second-order valence-electron chi connectivity index (χ2n) is 7.21. The Hall–Kier alpha value is -2.66. The highest BCUT2D eigenvalue weighted by molar-refractivity contribution is 7.92. The SMILES string of the molecule is CO[C@H]1CC[C@@H](n2cc(-c3ccc(O)c(N4CC(=O)NS4(=O)=O)c3F)cn2)CC1. The first-order valence-corrected chi connectivity index (χ1v) is 10.7. The van der Waals surface area contributed by atoms with Crippen LogP contribution in [-0.2, 0) is 19.7 Å². The molecule has 29 heavy (non-hydrogen) atoms. The molecular weight excluding hydrogens is 403 g/mol. The highest BCUT2D eigenvalue weighted by Crippen LogP contribution is 2.39. The van der Waals surface area contributed by atoms with E-state index in [-0.39, 0.29) is 17.7 Å². The van der Waals surface area contributed by atoms with Gasteiger partial charge in [-0.05, 0) is 37.8 Å². The van der Waals surface area contributed by atoms with Crippen molar-refractivity contribution in [2.75, 3.05) is 18.0 Å². The van der Waals surface area contributed by atoms with E-state index in [1.807, 2.05) is 0 Å². The number of ether oxygens (including phenoxy) is 1. The molecule has 1 aromatic heterocycles. The van der Waals surface area contributed by atoms with Crippen LogP contribution in [0.3, 0.4) is 0 Å². The van der Waals surface area contributed by atoms with Crippen LogP contribution in [-0.4, -0.2) is 49.0 Å². The fourth-order valence-electron chi connectivity index (χ4n) is 3.88. The lowest BCUT2D eigenvalue weighted by Gasteiger charge is -2.27. The van der Waals surface area contributed by atoms with Gasteiger partial charge in [-0.1, -0.05) is 0 Å². The maximum atomic E-state index is 15.2. The molecule has 11 heteroatoms. The van der Waals surface area contributed by atoms with Crippen LogP contribution in [0.2, 0.25) is 0 Å². The molecule has 0 radical (unpaired) electrons. The Bertz CT molecular complexity index is 1050. The van der Waals surface area contributed by atoms with Crippen molar-refractivity contribution in [1.29, 1.82) is 0 Å². The minimum absolute atomic E-state index is 0.0872. The van der Waals surface area contributed by atoms with Gasteiger partial charge in [0.15, 0.2) is 5.82 Å². The summed E-state index contributed by atoms with van der Waals surface area (Å²) in [4.78, 5) is 11.5. The molecule has 1 aliphatic carbocycles. The van der Waals surface area contributed by atoms with E-state index in [2.05, 4.69) is 5.10 Å². The normalized spacial score (nSPS) is 23.9. The third kappa shape index (κ3) is 3.55. The topological polar surface area (TPSA) is 114 Å². The second kappa shape index (κ2) is 7.30. The van der Waals surface area contributed by atoms with E-state index in [9.17, 15) is 18.3 Å². The van der Waals surface area contributed by atoms with E-state index in [0.717, 1.165) is 25.7 Å². The summed E-state index contributed by atoms with van der Waals surface area (Å²) in [7, 11) is -2.55. The first-order valence-electron chi connectivity index (χ1n) is 9.22. The number of amides is 1. The van der Waals surface area contributed by atoms with E-state index in [1.54, 1.807) is 22.7 Å². The number of rotatable bonds is 4. The maximum Gasteiger partial charge on any atom is 0.326 e. The number of phenols is 1. The molecule has 156 valence electrons. The van der Waals surface area contributed by atoms with Crippen LogP contribution in [0, 0.1) is 5.82 Å². The van der Waals surface area contributed by atoms with E-state index < -0.39 is 39.9 Å². The number of hydrogen-bond acceptors (Lipinski definition) is 6. The highest BCUT2D eigenvalue weighted by atomic mass is 32.2. The minimum atomic E-state index is -4.25. The Labute approximate surface area is 167 Å². The number of nitrogens with one attached hydrogen (secondary N) is 1. The van der Waals surface area contributed by atoms with E-state index in [0.29, 0.717) is 9.87 Å². The zero-order valence-corrected chi connectivity index (χ0v) is 16.5. The molecule has 1 saturated heterocycles. The molecule has 1 aromatic carbocycles. The number of carbonyl (C=O) groups excluding carboxylic acids is 1.